The summed E-state index contributed by atoms with van der Waals surface area (Å²) in [6.07, 6.45) is -0.980. The van der Waals surface area contributed by atoms with E-state index in [1.807, 2.05) is 0 Å². The number of nitrogens with zero attached hydrogens (tertiary/aromatic N) is 2. The van der Waals surface area contributed by atoms with Crippen LogP contribution in [0, 0.1) is 5.82 Å². The summed E-state index contributed by atoms with van der Waals surface area (Å²) in [7, 11) is 0. The minimum Gasteiger partial charge on any atom is -0.390 e. The molecule has 22 heavy (non-hydrogen) atoms. The molecule has 1 fully saturated rings. The van der Waals surface area contributed by atoms with Crippen molar-refractivity contribution in [3.05, 3.63) is 22.4 Å². The van der Waals surface area contributed by atoms with Crippen molar-refractivity contribution in [2.75, 3.05) is 12.3 Å². The third-order valence-electron chi connectivity index (χ3n) is 3.81. The number of aromatic nitrogens is 3. The number of anilines is 1. The van der Waals surface area contributed by atoms with Crippen molar-refractivity contribution in [2.24, 2.45) is 0 Å². The number of fused-ring (bicyclic) bond motifs is 1. The summed E-state index contributed by atoms with van der Waals surface area (Å²) in [6, 6.07) is 0. The third kappa shape index (κ3) is 1.91. The summed E-state index contributed by atoms with van der Waals surface area (Å²) in [6.45, 7) is 0.312. The van der Waals surface area contributed by atoms with E-state index in [0.29, 0.717) is 0 Å². The van der Waals surface area contributed by atoms with Gasteiger partial charge in [0, 0.05) is 12.6 Å². The van der Waals surface area contributed by atoms with E-state index in [9.17, 15) is 18.7 Å². The van der Waals surface area contributed by atoms with Gasteiger partial charge < -0.3 is 20.7 Å². The molecule has 0 bridgehead atoms. The molecule has 0 spiro atoms. The van der Waals surface area contributed by atoms with Gasteiger partial charge in [-0.05, 0) is 6.92 Å². The SMILES string of the molecule is C[C@]1(n2cc(F)c3c(=O)[nH]c(N)nc32)C[C@H](O)[C@@](F)(CO)O1. The van der Waals surface area contributed by atoms with Crippen molar-refractivity contribution < 1.29 is 23.7 Å². The number of aromatic amines is 1. The Morgan fingerprint density at radius 3 is 2.95 bits per heavy atom. The fourth-order valence-electron chi connectivity index (χ4n) is 2.74. The minimum atomic E-state index is -2.69. The van der Waals surface area contributed by atoms with Gasteiger partial charge in [0.1, 0.15) is 23.8 Å². The molecule has 8 nitrogen and oxygen atoms in total. The largest absolute Gasteiger partial charge is 0.390 e. The van der Waals surface area contributed by atoms with E-state index >= 15 is 0 Å². The minimum absolute atomic E-state index is 0.143. The zero-order valence-electron chi connectivity index (χ0n) is 11.5. The second kappa shape index (κ2) is 4.48. The Morgan fingerprint density at radius 1 is 1.68 bits per heavy atom. The molecule has 2 aromatic rings. The number of aliphatic hydroxyl groups is 2. The highest BCUT2D eigenvalue weighted by Crippen LogP contribution is 2.43. The molecular formula is C12H14F2N4O4. The number of alkyl halides is 1. The van der Waals surface area contributed by atoms with Crippen LogP contribution >= 0.6 is 0 Å². The number of H-pyrrole nitrogens is 1. The molecule has 1 aliphatic rings. The zero-order valence-corrected chi connectivity index (χ0v) is 11.5. The molecule has 0 aliphatic carbocycles. The van der Waals surface area contributed by atoms with Crippen LogP contribution in [0.2, 0.25) is 0 Å². The predicted molar refractivity (Wildman–Crippen MR) is 71.0 cm³/mol. The Balaban J connectivity index is 2.21. The normalized spacial score (nSPS) is 32.0. The summed E-state index contributed by atoms with van der Waals surface area (Å²) >= 11 is 0. The number of halogens is 2. The van der Waals surface area contributed by atoms with Crippen molar-refractivity contribution in [3.63, 3.8) is 0 Å². The van der Waals surface area contributed by atoms with E-state index < -0.39 is 35.7 Å². The van der Waals surface area contributed by atoms with E-state index in [4.69, 9.17) is 15.6 Å². The molecule has 5 N–H and O–H groups in total. The Labute approximate surface area is 122 Å². The monoisotopic (exact) mass is 316 g/mol. The maximum Gasteiger partial charge on any atom is 0.264 e. The third-order valence-corrected chi connectivity index (χ3v) is 3.81. The van der Waals surface area contributed by atoms with Crippen LogP contribution in [0.5, 0.6) is 0 Å². The Morgan fingerprint density at radius 2 is 2.36 bits per heavy atom. The lowest BCUT2D eigenvalue weighted by Crippen LogP contribution is -2.39. The number of rotatable bonds is 2. The van der Waals surface area contributed by atoms with Crippen molar-refractivity contribution in [1.82, 2.24) is 14.5 Å². The number of nitrogens with two attached hydrogens (primary N) is 1. The van der Waals surface area contributed by atoms with Gasteiger partial charge in [0.25, 0.3) is 11.4 Å². The number of nitrogen functional groups attached to an aromatic ring is 1. The Hall–Kier alpha value is -2.04. The van der Waals surface area contributed by atoms with Crippen LogP contribution < -0.4 is 11.3 Å². The number of aliphatic hydroxyl groups excluding tert-OH is 2. The molecule has 10 heteroatoms. The maximum atomic E-state index is 14.2. The van der Waals surface area contributed by atoms with Gasteiger partial charge in [-0.1, -0.05) is 0 Å². The molecule has 3 heterocycles. The molecule has 0 radical (unpaired) electrons. The second-order valence-corrected chi connectivity index (χ2v) is 5.44. The van der Waals surface area contributed by atoms with Crippen LogP contribution in [-0.4, -0.2) is 43.3 Å². The lowest BCUT2D eigenvalue weighted by Gasteiger charge is -2.28. The van der Waals surface area contributed by atoms with Crippen molar-refractivity contribution in [1.29, 1.82) is 0 Å². The first-order chi connectivity index (χ1) is 10.2. The van der Waals surface area contributed by atoms with E-state index in [2.05, 4.69) is 9.97 Å². The molecule has 0 unspecified atom stereocenters. The first kappa shape index (κ1) is 14.9. The average molecular weight is 316 g/mol. The molecule has 120 valence electrons. The smallest absolute Gasteiger partial charge is 0.264 e. The lowest BCUT2D eigenvalue weighted by molar-refractivity contribution is -0.235. The Bertz CT molecular complexity index is 806. The fourth-order valence-corrected chi connectivity index (χ4v) is 2.74. The van der Waals surface area contributed by atoms with E-state index in [-0.39, 0.29) is 23.4 Å². The molecule has 3 atom stereocenters. The van der Waals surface area contributed by atoms with Gasteiger partial charge in [-0.15, -0.1) is 0 Å². The topological polar surface area (TPSA) is 126 Å². The highest BCUT2D eigenvalue weighted by molar-refractivity contribution is 5.77. The van der Waals surface area contributed by atoms with Crippen molar-refractivity contribution in [2.45, 2.75) is 31.0 Å². The molecule has 1 aliphatic heterocycles. The molecule has 1 saturated heterocycles. The van der Waals surface area contributed by atoms with Crippen LogP contribution in [0.1, 0.15) is 13.3 Å². The van der Waals surface area contributed by atoms with E-state index in [0.717, 1.165) is 10.8 Å². The predicted octanol–water partition coefficient (Wildman–Crippen LogP) is -0.442. The maximum absolute atomic E-state index is 14.2. The highest BCUT2D eigenvalue weighted by atomic mass is 19.2. The first-order valence-electron chi connectivity index (χ1n) is 6.45. The Kier molecular flexibility index (Phi) is 3.03. The zero-order chi connectivity index (χ0) is 16.3. The lowest BCUT2D eigenvalue weighted by atomic mass is 10.1. The number of hydrogen-bond acceptors (Lipinski definition) is 6. The van der Waals surface area contributed by atoms with Crippen molar-refractivity contribution in [3.8, 4) is 0 Å². The van der Waals surface area contributed by atoms with E-state index in [1.54, 1.807) is 0 Å². The molecule has 0 saturated carbocycles. The number of hydrogen-bond donors (Lipinski definition) is 4. The summed E-state index contributed by atoms with van der Waals surface area (Å²) in [5.41, 5.74) is 2.97. The molecule has 2 aromatic heterocycles. The summed E-state index contributed by atoms with van der Waals surface area (Å²) in [4.78, 5) is 17.8. The molecular weight excluding hydrogens is 302 g/mol. The van der Waals surface area contributed by atoms with Crippen LogP contribution in [0.3, 0.4) is 0 Å². The van der Waals surface area contributed by atoms with Crippen LogP contribution in [0.4, 0.5) is 14.7 Å². The molecule has 3 rings (SSSR count). The van der Waals surface area contributed by atoms with Crippen LogP contribution in [0.25, 0.3) is 11.0 Å². The van der Waals surface area contributed by atoms with Gasteiger partial charge >= 0.3 is 0 Å². The summed E-state index contributed by atoms with van der Waals surface area (Å²) in [5.74, 6) is -3.81. The average Bonchev–Trinajstić information content (AvgIpc) is 2.87. The standard InChI is InChI=1S/C12H14F2N4O4/c1-11(2-6(20)12(14,4-19)22-11)18-3-5(13)7-8(18)16-10(15)17-9(7)21/h3,6,19-20H,2,4H2,1H3,(H3,15,16,17,21)/t6-,11+,12+/m0/s1. The molecule has 0 amide bonds. The van der Waals surface area contributed by atoms with Gasteiger partial charge in [-0.2, -0.15) is 4.98 Å². The van der Waals surface area contributed by atoms with Gasteiger partial charge in [-0.25, -0.2) is 8.78 Å². The van der Waals surface area contributed by atoms with Crippen LogP contribution in [0.15, 0.2) is 11.0 Å². The van der Waals surface area contributed by atoms with E-state index in [1.165, 1.54) is 6.92 Å². The number of ether oxygens (including phenoxy) is 1. The quantitative estimate of drug-likeness (QED) is 0.595. The summed E-state index contributed by atoms with van der Waals surface area (Å²) < 4.78 is 34.5. The van der Waals surface area contributed by atoms with Gasteiger partial charge in [0.15, 0.2) is 11.5 Å². The van der Waals surface area contributed by atoms with Crippen molar-refractivity contribution >= 4 is 17.0 Å². The highest BCUT2D eigenvalue weighted by Gasteiger charge is 2.55. The van der Waals surface area contributed by atoms with Gasteiger partial charge in [0.2, 0.25) is 5.95 Å². The first-order valence-corrected chi connectivity index (χ1v) is 6.45. The second-order valence-electron chi connectivity index (χ2n) is 5.44. The van der Waals surface area contributed by atoms with Gasteiger partial charge in [0.05, 0.1) is 0 Å². The summed E-state index contributed by atoms with van der Waals surface area (Å²) in [5, 5.41) is 18.4. The number of nitrogens with one attached hydrogen (secondary N) is 1. The van der Waals surface area contributed by atoms with Gasteiger partial charge in [-0.3, -0.25) is 14.3 Å². The fraction of sp³-hybridized carbons (Fsp3) is 0.500. The molecule has 0 aromatic carbocycles. The van der Waals surface area contributed by atoms with Crippen LogP contribution in [-0.2, 0) is 10.5 Å².